The number of unbranched alkanes of at least 4 members (excludes halogenated alkanes) is 3. The molecule has 2 N–H and O–H groups in total. The van der Waals surface area contributed by atoms with E-state index in [4.69, 9.17) is 4.74 Å². The van der Waals surface area contributed by atoms with Gasteiger partial charge in [0.2, 0.25) is 5.91 Å². The molecule has 0 bridgehead atoms. The minimum absolute atomic E-state index is 0.0185. The van der Waals surface area contributed by atoms with Crippen LogP contribution in [0.1, 0.15) is 49.4 Å². The van der Waals surface area contributed by atoms with E-state index in [0.29, 0.717) is 18.5 Å². The fourth-order valence-corrected chi connectivity index (χ4v) is 2.39. The highest BCUT2D eigenvalue weighted by molar-refractivity contribution is 5.94. The maximum Gasteiger partial charge on any atom is 0.338 e. The van der Waals surface area contributed by atoms with Crippen molar-refractivity contribution in [1.82, 2.24) is 10.3 Å². The molecule has 0 aliphatic carbocycles. The molecule has 124 valence electrons. The van der Waals surface area contributed by atoms with Crippen molar-refractivity contribution >= 4 is 22.8 Å². The van der Waals surface area contributed by atoms with E-state index in [2.05, 4.69) is 17.2 Å². The maximum atomic E-state index is 12.0. The van der Waals surface area contributed by atoms with Crippen LogP contribution in [-0.2, 0) is 9.53 Å². The fourth-order valence-electron chi connectivity index (χ4n) is 2.39. The first kappa shape index (κ1) is 17.1. The number of hydrogen-bond acceptors (Lipinski definition) is 3. The zero-order chi connectivity index (χ0) is 16.5. The Balaban J connectivity index is 1.65. The van der Waals surface area contributed by atoms with Crippen LogP contribution in [0.25, 0.3) is 10.9 Å². The molecule has 0 fully saturated rings. The van der Waals surface area contributed by atoms with Gasteiger partial charge >= 0.3 is 5.97 Å². The highest BCUT2D eigenvalue weighted by Gasteiger charge is 2.08. The summed E-state index contributed by atoms with van der Waals surface area (Å²) in [5, 5.41) is 3.82. The summed E-state index contributed by atoms with van der Waals surface area (Å²) in [5.41, 5.74) is 1.41. The van der Waals surface area contributed by atoms with E-state index in [1.54, 1.807) is 12.1 Å². The number of ether oxygens (including phenoxy) is 1. The van der Waals surface area contributed by atoms with Gasteiger partial charge in [-0.1, -0.05) is 32.3 Å². The largest absolute Gasteiger partial charge is 0.460 e. The fraction of sp³-hybridized carbons (Fsp3) is 0.444. The molecule has 1 aromatic carbocycles. The Kier molecular flexibility index (Phi) is 6.66. The highest BCUT2D eigenvalue weighted by atomic mass is 16.5. The summed E-state index contributed by atoms with van der Waals surface area (Å²) >= 11 is 0. The quantitative estimate of drug-likeness (QED) is 0.550. The smallest absolute Gasteiger partial charge is 0.338 e. The number of hydrogen-bond donors (Lipinski definition) is 2. The molecule has 5 heteroatoms. The van der Waals surface area contributed by atoms with Crippen LogP contribution in [0.4, 0.5) is 0 Å². The van der Waals surface area contributed by atoms with Crippen molar-refractivity contribution in [1.29, 1.82) is 0 Å². The van der Waals surface area contributed by atoms with Crippen LogP contribution < -0.4 is 5.32 Å². The van der Waals surface area contributed by atoms with E-state index in [0.717, 1.165) is 36.6 Å². The number of carbonyl (C=O) groups is 2. The average Bonchev–Trinajstić information content (AvgIpc) is 3.03. The highest BCUT2D eigenvalue weighted by Crippen LogP contribution is 2.14. The Labute approximate surface area is 136 Å². The first-order valence-electron chi connectivity index (χ1n) is 8.21. The van der Waals surface area contributed by atoms with E-state index < -0.39 is 0 Å². The van der Waals surface area contributed by atoms with Gasteiger partial charge < -0.3 is 15.0 Å². The lowest BCUT2D eigenvalue weighted by atomic mass is 10.1. The third-order valence-corrected chi connectivity index (χ3v) is 3.71. The Morgan fingerprint density at radius 2 is 2.04 bits per heavy atom. The van der Waals surface area contributed by atoms with E-state index >= 15 is 0 Å². The molecule has 5 nitrogen and oxygen atoms in total. The van der Waals surface area contributed by atoms with Gasteiger partial charge in [-0.3, -0.25) is 4.79 Å². The standard InChI is InChI=1S/C18H24N2O3/c1-2-3-4-5-6-17(21)20-11-12-23-18(22)15-8-7-14-9-10-19-16(14)13-15/h7-10,13,19H,2-6,11-12H2,1H3,(H,20,21). The predicted molar refractivity (Wildman–Crippen MR) is 90.3 cm³/mol. The molecule has 1 aromatic heterocycles. The molecule has 0 radical (unpaired) electrons. The average molecular weight is 316 g/mol. The zero-order valence-electron chi connectivity index (χ0n) is 13.6. The van der Waals surface area contributed by atoms with Crippen molar-refractivity contribution in [3.63, 3.8) is 0 Å². The van der Waals surface area contributed by atoms with Crippen LogP contribution in [0.3, 0.4) is 0 Å². The molecular weight excluding hydrogens is 292 g/mol. The molecule has 23 heavy (non-hydrogen) atoms. The van der Waals surface area contributed by atoms with Gasteiger partial charge in [0.15, 0.2) is 0 Å². The third kappa shape index (κ3) is 5.43. The Bertz CT molecular complexity index is 649. The van der Waals surface area contributed by atoms with Gasteiger partial charge in [0, 0.05) is 18.1 Å². The second-order valence-electron chi connectivity index (χ2n) is 5.58. The van der Waals surface area contributed by atoms with Crippen LogP contribution >= 0.6 is 0 Å². The number of benzene rings is 1. The van der Waals surface area contributed by atoms with Crippen molar-refractivity contribution in [2.75, 3.05) is 13.2 Å². The lowest BCUT2D eigenvalue weighted by Crippen LogP contribution is -2.27. The number of H-pyrrole nitrogens is 1. The Morgan fingerprint density at radius 3 is 2.87 bits per heavy atom. The van der Waals surface area contributed by atoms with Crippen LogP contribution in [0.2, 0.25) is 0 Å². The summed E-state index contributed by atoms with van der Waals surface area (Å²) in [6.45, 7) is 2.67. The Hall–Kier alpha value is -2.30. The third-order valence-electron chi connectivity index (χ3n) is 3.71. The molecule has 0 atom stereocenters. The van der Waals surface area contributed by atoms with Gasteiger partial charge in [-0.2, -0.15) is 0 Å². The van der Waals surface area contributed by atoms with Gasteiger partial charge in [-0.15, -0.1) is 0 Å². The van der Waals surface area contributed by atoms with Crippen molar-refractivity contribution < 1.29 is 14.3 Å². The van der Waals surface area contributed by atoms with Crippen molar-refractivity contribution in [3.8, 4) is 0 Å². The monoisotopic (exact) mass is 316 g/mol. The molecular formula is C18H24N2O3. The number of aromatic amines is 1. The number of rotatable bonds is 9. The number of fused-ring (bicyclic) bond motifs is 1. The van der Waals surface area contributed by atoms with Crippen molar-refractivity contribution in [2.45, 2.75) is 39.0 Å². The molecule has 2 aromatic rings. The van der Waals surface area contributed by atoms with Crippen LogP contribution in [0, 0.1) is 0 Å². The van der Waals surface area contributed by atoms with Crippen LogP contribution in [0.5, 0.6) is 0 Å². The topological polar surface area (TPSA) is 71.2 Å². The maximum absolute atomic E-state index is 12.0. The molecule has 0 saturated carbocycles. The second-order valence-corrected chi connectivity index (χ2v) is 5.58. The lowest BCUT2D eigenvalue weighted by molar-refractivity contribution is -0.121. The number of aromatic nitrogens is 1. The molecule has 0 aliphatic rings. The minimum Gasteiger partial charge on any atom is -0.460 e. The second kappa shape index (κ2) is 8.98. The summed E-state index contributed by atoms with van der Waals surface area (Å²) in [4.78, 5) is 26.6. The van der Waals surface area contributed by atoms with Gasteiger partial charge in [-0.25, -0.2) is 4.79 Å². The number of amides is 1. The number of esters is 1. The zero-order valence-corrected chi connectivity index (χ0v) is 13.6. The van der Waals surface area contributed by atoms with Gasteiger partial charge in [-0.05, 0) is 30.0 Å². The first-order chi connectivity index (χ1) is 11.2. The molecule has 1 heterocycles. The minimum atomic E-state index is -0.376. The van der Waals surface area contributed by atoms with E-state index in [9.17, 15) is 9.59 Å². The first-order valence-corrected chi connectivity index (χ1v) is 8.21. The molecule has 0 aliphatic heterocycles. The van der Waals surface area contributed by atoms with Crippen LogP contribution in [-0.4, -0.2) is 30.0 Å². The summed E-state index contributed by atoms with van der Waals surface area (Å²) in [7, 11) is 0. The SMILES string of the molecule is CCCCCCC(=O)NCCOC(=O)c1ccc2cc[nH]c2c1. The summed E-state index contributed by atoms with van der Waals surface area (Å²) < 4.78 is 5.18. The molecule has 1 amide bonds. The van der Waals surface area contributed by atoms with Crippen molar-refractivity contribution in [2.24, 2.45) is 0 Å². The van der Waals surface area contributed by atoms with Gasteiger partial charge in [0.25, 0.3) is 0 Å². The summed E-state index contributed by atoms with van der Waals surface area (Å²) in [5.74, 6) is -0.358. The normalized spacial score (nSPS) is 10.7. The molecule has 2 rings (SSSR count). The summed E-state index contributed by atoms with van der Waals surface area (Å²) in [6, 6.07) is 7.33. The van der Waals surface area contributed by atoms with Crippen molar-refractivity contribution in [3.05, 3.63) is 36.0 Å². The van der Waals surface area contributed by atoms with E-state index in [1.807, 2.05) is 18.3 Å². The van der Waals surface area contributed by atoms with Gasteiger partial charge in [0.1, 0.15) is 6.61 Å². The van der Waals surface area contributed by atoms with E-state index in [-0.39, 0.29) is 18.5 Å². The van der Waals surface area contributed by atoms with Gasteiger partial charge in [0.05, 0.1) is 12.1 Å². The van der Waals surface area contributed by atoms with Crippen LogP contribution in [0.15, 0.2) is 30.5 Å². The molecule has 0 saturated heterocycles. The predicted octanol–water partition coefficient (Wildman–Crippen LogP) is 3.41. The summed E-state index contributed by atoms with van der Waals surface area (Å²) in [6.07, 6.45) is 6.69. The number of carbonyl (C=O) groups excluding carboxylic acids is 2. The lowest BCUT2D eigenvalue weighted by Gasteiger charge is -2.07. The van der Waals surface area contributed by atoms with E-state index in [1.165, 1.54) is 0 Å². The number of nitrogens with one attached hydrogen (secondary N) is 2. The molecule has 0 unspecified atom stereocenters. The Morgan fingerprint density at radius 1 is 1.17 bits per heavy atom. The molecule has 0 spiro atoms.